The number of H-pyrrole nitrogens is 1. The van der Waals surface area contributed by atoms with Gasteiger partial charge in [0.25, 0.3) is 5.56 Å². The molecule has 0 atom stereocenters. The predicted octanol–water partition coefficient (Wildman–Crippen LogP) is 2.98. The molecule has 96 valence electrons. The van der Waals surface area contributed by atoms with Crippen molar-refractivity contribution in [2.24, 2.45) is 0 Å². The van der Waals surface area contributed by atoms with Crippen molar-refractivity contribution in [3.8, 4) is 5.69 Å². The number of nitrogens with zero attached hydrogens (tertiary/aromatic N) is 2. The molecule has 19 heavy (non-hydrogen) atoms. The minimum absolute atomic E-state index is 0.104. The third-order valence-corrected chi connectivity index (χ3v) is 3.31. The van der Waals surface area contributed by atoms with Crippen molar-refractivity contribution in [2.75, 3.05) is 0 Å². The fourth-order valence-electron chi connectivity index (χ4n) is 2.22. The topological polar surface area (TPSA) is 50.7 Å². The Bertz CT molecular complexity index is 815. The van der Waals surface area contributed by atoms with E-state index in [1.54, 1.807) is 16.8 Å². The Kier molecular flexibility index (Phi) is 2.68. The molecule has 0 unspecified atom stereocenters. The van der Waals surface area contributed by atoms with Crippen LogP contribution in [0, 0.1) is 13.8 Å². The molecule has 1 N–H and O–H groups in total. The first kappa shape index (κ1) is 12.0. The quantitative estimate of drug-likeness (QED) is 0.741. The molecule has 1 aromatic carbocycles. The number of halogens is 1. The molecule has 2 heterocycles. The van der Waals surface area contributed by atoms with Crippen LogP contribution in [0.5, 0.6) is 0 Å². The minimum Gasteiger partial charge on any atom is -0.326 e. The number of aryl methyl sites for hydroxylation is 2. The molecule has 3 aromatic rings. The fraction of sp³-hybridized carbons (Fsp3) is 0.143. The first-order chi connectivity index (χ1) is 9.06. The van der Waals surface area contributed by atoms with Gasteiger partial charge in [-0.05, 0) is 44.2 Å². The lowest BCUT2D eigenvalue weighted by Gasteiger charge is -2.03. The number of benzene rings is 1. The highest BCUT2D eigenvalue weighted by Gasteiger charge is 2.12. The number of aromatic nitrogens is 3. The fourth-order valence-corrected chi connectivity index (χ4v) is 2.35. The van der Waals surface area contributed by atoms with Crippen molar-refractivity contribution in [1.29, 1.82) is 0 Å². The van der Waals surface area contributed by atoms with Crippen LogP contribution in [-0.4, -0.2) is 14.8 Å². The number of pyridine rings is 1. The highest BCUT2D eigenvalue weighted by atomic mass is 35.5. The SMILES string of the molecule is Cc1cc2c(c(C)nn2-c2ccc(Cl)cc2)c(=O)[nH]1. The maximum Gasteiger partial charge on any atom is 0.259 e. The molecule has 0 fully saturated rings. The minimum atomic E-state index is -0.104. The van der Waals surface area contributed by atoms with E-state index in [2.05, 4.69) is 10.1 Å². The first-order valence-electron chi connectivity index (χ1n) is 5.91. The van der Waals surface area contributed by atoms with E-state index < -0.39 is 0 Å². The van der Waals surface area contributed by atoms with Gasteiger partial charge in [0.1, 0.15) is 0 Å². The lowest BCUT2D eigenvalue weighted by molar-refractivity contribution is 0.888. The highest BCUT2D eigenvalue weighted by Crippen LogP contribution is 2.20. The van der Waals surface area contributed by atoms with Crippen LogP contribution in [0.3, 0.4) is 0 Å². The standard InChI is InChI=1S/C14H12ClN3O/c1-8-7-12-13(14(19)16-8)9(2)17-18(12)11-5-3-10(15)4-6-11/h3-7H,1-2H3,(H,16,19). The van der Waals surface area contributed by atoms with Gasteiger partial charge in [0.05, 0.1) is 22.3 Å². The van der Waals surface area contributed by atoms with Gasteiger partial charge in [-0.25, -0.2) is 4.68 Å². The molecule has 0 saturated carbocycles. The number of nitrogens with one attached hydrogen (secondary N) is 1. The molecule has 0 bridgehead atoms. The number of rotatable bonds is 1. The van der Waals surface area contributed by atoms with Crippen molar-refractivity contribution in [1.82, 2.24) is 14.8 Å². The van der Waals surface area contributed by atoms with Crippen LogP contribution in [0.1, 0.15) is 11.4 Å². The van der Waals surface area contributed by atoms with E-state index in [9.17, 15) is 4.79 Å². The normalized spacial score (nSPS) is 11.1. The van der Waals surface area contributed by atoms with E-state index in [0.29, 0.717) is 16.1 Å². The number of hydrogen-bond donors (Lipinski definition) is 1. The van der Waals surface area contributed by atoms with E-state index >= 15 is 0 Å². The van der Waals surface area contributed by atoms with Crippen LogP contribution < -0.4 is 5.56 Å². The molecule has 0 radical (unpaired) electrons. The molecular formula is C14H12ClN3O. The lowest BCUT2D eigenvalue weighted by atomic mass is 10.2. The largest absolute Gasteiger partial charge is 0.326 e. The molecule has 0 spiro atoms. The summed E-state index contributed by atoms with van der Waals surface area (Å²) in [6.45, 7) is 3.69. The first-order valence-corrected chi connectivity index (χ1v) is 6.29. The van der Waals surface area contributed by atoms with Crippen LogP contribution in [0.4, 0.5) is 0 Å². The monoisotopic (exact) mass is 273 g/mol. The van der Waals surface area contributed by atoms with Crippen molar-refractivity contribution >= 4 is 22.5 Å². The molecule has 0 saturated heterocycles. The van der Waals surface area contributed by atoms with Gasteiger partial charge in [-0.15, -0.1) is 0 Å². The Balaban J connectivity index is 2.36. The van der Waals surface area contributed by atoms with Gasteiger partial charge in [0, 0.05) is 10.7 Å². The zero-order chi connectivity index (χ0) is 13.6. The molecule has 3 rings (SSSR count). The van der Waals surface area contributed by atoms with E-state index in [1.165, 1.54) is 0 Å². The Morgan fingerprint density at radius 1 is 1.21 bits per heavy atom. The van der Waals surface area contributed by atoms with Gasteiger partial charge >= 0.3 is 0 Å². The maximum absolute atomic E-state index is 12.0. The van der Waals surface area contributed by atoms with Gasteiger partial charge in [0.15, 0.2) is 0 Å². The molecule has 0 aliphatic carbocycles. The van der Waals surface area contributed by atoms with Crippen LogP contribution in [0.2, 0.25) is 5.02 Å². The van der Waals surface area contributed by atoms with Crippen molar-refractivity contribution in [3.63, 3.8) is 0 Å². The summed E-state index contributed by atoms with van der Waals surface area (Å²) in [4.78, 5) is 14.8. The summed E-state index contributed by atoms with van der Waals surface area (Å²) in [5.41, 5.74) is 3.11. The second-order valence-electron chi connectivity index (χ2n) is 4.52. The molecule has 0 aliphatic rings. The van der Waals surface area contributed by atoms with Crippen LogP contribution in [0.25, 0.3) is 16.6 Å². The Hall–Kier alpha value is -2.07. The van der Waals surface area contributed by atoms with Gasteiger partial charge < -0.3 is 4.98 Å². The molecule has 2 aromatic heterocycles. The summed E-state index contributed by atoms with van der Waals surface area (Å²) in [6.07, 6.45) is 0. The predicted molar refractivity (Wildman–Crippen MR) is 76.2 cm³/mol. The summed E-state index contributed by atoms with van der Waals surface area (Å²) < 4.78 is 1.77. The van der Waals surface area contributed by atoms with E-state index in [1.807, 2.05) is 32.0 Å². The Labute approximate surface area is 114 Å². The van der Waals surface area contributed by atoms with E-state index in [-0.39, 0.29) is 5.56 Å². The molecule has 4 nitrogen and oxygen atoms in total. The number of fused-ring (bicyclic) bond motifs is 1. The van der Waals surface area contributed by atoms with Crippen molar-refractivity contribution in [2.45, 2.75) is 13.8 Å². The summed E-state index contributed by atoms with van der Waals surface area (Å²) in [5, 5.41) is 5.74. The molecular weight excluding hydrogens is 262 g/mol. The zero-order valence-electron chi connectivity index (χ0n) is 10.6. The van der Waals surface area contributed by atoms with Crippen molar-refractivity contribution < 1.29 is 0 Å². The average Bonchev–Trinajstić information content (AvgIpc) is 2.67. The summed E-state index contributed by atoms with van der Waals surface area (Å²) >= 11 is 5.89. The molecule has 0 aliphatic heterocycles. The summed E-state index contributed by atoms with van der Waals surface area (Å²) in [7, 11) is 0. The Morgan fingerprint density at radius 2 is 1.89 bits per heavy atom. The van der Waals surface area contributed by atoms with Gasteiger partial charge in [0.2, 0.25) is 0 Å². The molecule has 5 heteroatoms. The maximum atomic E-state index is 12.0. The highest BCUT2D eigenvalue weighted by molar-refractivity contribution is 6.30. The average molecular weight is 274 g/mol. The van der Waals surface area contributed by atoms with Crippen molar-refractivity contribution in [3.05, 3.63) is 57.1 Å². The van der Waals surface area contributed by atoms with Gasteiger partial charge in [-0.2, -0.15) is 5.10 Å². The van der Waals surface area contributed by atoms with Gasteiger partial charge in [-0.3, -0.25) is 4.79 Å². The van der Waals surface area contributed by atoms with Crippen LogP contribution in [0.15, 0.2) is 35.1 Å². The third-order valence-electron chi connectivity index (χ3n) is 3.06. The summed E-state index contributed by atoms with van der Waals surface area (Å²) in [6, 6.07) is 9.29. The second-order valence-corrected chi connectivity index (χ2v) is 4.95. The molecule has 0 amide bonds. The second kappa shape index (κ2) is 4.24. The third kappa shape index (κ3) is 1.94. The van der Waals surface area contributed by atoms with Crippen LogP contribution >= 0.6 is 11.6 Å². The Morgan fingerprint density at radius 3 is 2.58 bits per heavy atom. The smallest absolute Gasteiger partial charge is 0.259 e. The van der Waals surface area contributed by atoms with Crippen LogP contribution in [-0.2, 0) is 0 Å². The zero-order valence-corrected chi connectivity index (χ0v) is 11.3. The summed E-state index contributed by atoms with van der Waals surface area (Å²) in [5.74, 6) is 0. The van der Waals surface area contributed by atoms with E-state index in [4.69, 9.17) is 11.6 Å². The number of aromatic amines is 1. The number of hydrogen-bond acceptors (Lipinski definition) is 2. The lowest BCUT2D eigenvalue weighted by Crippen LogP contribution is -2.07. The van der Waals surface area contributed by atoms with Gasteiger partial charge in [-0.1, -0.05) is 11.6 Å². The van der Waals surface area contributed by atoms with E-state index in [0.717, 1.165) is 16.9 Å².